The highest BCUT2D eigenvalue weighted by Crippen LogP contribution is 2.63. The molecule has 0 spiro atoms. The van der Waals surface area contributed by atoms with E-state index >= 15 is 0 Å². The second-order valence-corrected chi connectivity index (χ2v) is 16.5. The summed E-state index contributed by atoms with van der Waals surface area (Å²) in [6.07, 6.45) is -1.22. The van der Waals surface area contributed by atoms with E-state index in [2.05, 4.69) is 0 Å². The van der Waals surface area contributed by atoms with Crippen LogP contribution >= 0.6 is 7.37 Å². The molecule has 2 unspecified atom stereocenters. The summed E-state index contributed by atoms with van der Waals surface area (Å²) in [7, 11) is -3.67. The van der Waals surface area contributed by atoms with E-state index < -0.39 is 41.9 Å². The van der Waals surface area contributed by atoms with Crippen molar-refractivity contribution in [3.8, 4) is 11.1 Å². The number of carbonyl (C=O) groups is 3. The summed E-state index contributed by atoms with van der Waals surface area (Å²) in [5.74, 6) is -1.58. The van der Waals surface area contributed by atoms with Crippen LogP contribution in [0.2, 0.25) is 0 Å². The van der Waals surface area contributed by atoms with Gasteiger partial charge in [0.05, 0.1) is 6.61 Å². The lowest BCUT2D eigenvalue weighted by atomic mass is 9.97. The first kappa shape index (κ1) is 37.2. The smallest absolute Gasteiger partial charge is 0.419 e. The standard InChI is InChI=1S/C34H48FN2O8P/c1-8-43-46(42)21-20-36(23-26-14-9-10-17-28(26)25-15-13-16-27(35)22-25)24-34(46,29(38)39)18-11-12-19-37(30(40)44-32(2,3)4)31(41)45-33(5,6)7/h9-10,13-17,22H,8,11-12,18-21,23-24H2,1-7H3,(H,38,39). The molecule has 1 saturated heterocycles. The van der Waals surface area contributed by atoms with Crippen LogP contribution in [0.5, 0.6) is 0 Å². The molecule has 2 aromatic carbocycles. The summed E-state index contributed by atoms with van der Waals surface area (Å²) < 4.78 is 44.9. The van der Waals surface area contributed by atoms with E-state index in [1.54, 1.807) is 54.5 Å². The predicted molar refractivity (Wildman–Crippen MR) is 175 cm³/mol. The van der Waals surface area contributed by atoms with Crippen LogP contribution in [0, 0.1) is 5.82 Å². The van der Waals surface area contributed by atoms with Crippen molar-refractivity contribution < 1.29 is 42.4 Å². The van der Waals surface area contributed by atoms with Crippen molar-refractivity contribution in [1.29, 1.82) is 0 Å². The zero-order valence-electron chi connectivity index (χ0n) is 28.0. The minimum atomic E-state index is -3.67. The lowest BCUT2D eigenvalue weighted by molar-refractivity contribution is -0.141. The van der Waals surface area contributed by atoms with Gasteiger partial charge in [0.15, 0.2) is 5.16 Å². The number of hydrogen-bond acceptors (Lipinski definition) is 8. The van der Waals surface area contributed by atoms with Gasteiger partial charge in [0.1, 0.15) is 17.0 Å². The van der Waals surface area contributed by atoms with Crippen LogP contribution in [0.15, 0.2) is 48.5 Å². The second kappa shape index (κ2) is 15.1. The van der Waals surface area contributed by atoms with Gasteiger partial charge in [-0.15, -0.1) is 0 Å². The number of carboxylic acids is 1. The maximum absolute atomic E-state index is 14.3. The Kier molecular flexibility index (Phi) is 12.2. The maximum atomic E-state index is 14.3. The molecule has 2 atom stereocenters. The highest BCUT2D eigenvalue weighted by molar-refractivity contribution is 7.62. The minimum Gasteiger partial charge on any atom is -0.480 e. The molecule has 2 amide bonds. The Bertz CT molecular complexity index is 1410. The number of carboxylic acid groups (broad SMARTS) is 1. The van der Waals surface area contributed by atoms with Crippen LogP contribution in [0.1, 0.15) is 73.3 Å². The maximum Gasteiger partial charge on any atom is 0.419 e. The van der Waals surface area contributed by atoms with Gasteiger partial charge < -0.3 is 19.1 Å². The van der Waals surface area contributed by atoms with Gasteiger partial charge in [-0.1, -0.05) is 36.4 Å². The Morgan fingerprint density at radius 2 is 1.61 bits per heavy atom. The molecule has 12 heteroatoms. The zero-order valence-corrected chi connectivity index (χ0v) is 28.9. The number of rotatable bonds is 11. The molecule has 1 aliphatic rings. The van der Waals surface area contributed by atoms with Gasteiger partial charge in [0.25, 0.3) is 0 Å². The number of unbranched alkanes of at least 4 members (excludes halogenated alkanes) is 1. The Balaban J connectivity index is 1.83. The van der Waals surface area contributed by atoms with Gasteiger partial charge >= 0.3 is 18.2 Å². The number of carbonyl (C=O) groups excluding carboxylic acids is 2. The lowest BCUT2D eigenvalue weighted by Gasteiger charge is -2.45. The summed E-state index contributed by atoms with van der Waals surface area (Å²) in [5, 5.41) is 8.95. The van der Waals surface area contributed by atoms with E-state index in [9.17, 15) is 28.4 Å². The first-order chi connectivity index (χ1) is 21.4. The highest BCUT2D eigenvalue weighted by atomic mass is 31.2. The number of halogens is 1. The van der Waals surface area contributed by atoms with Crippen molar-refractivity contribution in [3.63, 3.8) is 0 Å². The molecule has 0 radical (unpaired) electrons. The Morgan fingerprint density at radius 3 is 2.17 bits per heavy atom. The molecule has 1 heterocycles. The van der Waals surface area contributed by atoms with Crippen LogP contribution < -0.4 is 0 Å². The van der Waals surface area contributed by atoms with Crippen molar-refractivity contribution in [2.45, 2.75) is 90.6 Å². The fourth-order valence-corrected chi connectivity index (χ4v) is 8.53. The number of benzene rings is 2. The average molecular weight is 663 g/mol. The van der Waals surface area contributed by atoms with E-state index in [0.717, 1.165) is 16.0 Å². The minimum absolute atomic E-state index is 0.00185. The van der Waals surface area contributed by atoms with Crippen molar-refractivity contribution in [1.82, 2.24) is 9.80 Å². The first-order valence-electron chi connectivity index (χ1n) is 15.7. The first-order valence-corrected chi connectivity index (χ1v) is 17.5. The topological polar surface area (TPSA) is 123 Å². The fourth-order valence-electron chi connectivity index (χ4n) is 5.56. The van der Waals surface area contributed by atoms with Crippen LogP contribution in [-0.4, -0.2) is 81.8 Å². The monoisotopic (exact) mass is 662 g/mol. The number of nitrogens with zero attached hydrogens (tertiary/aromatic N) is 2. The van der Waals surface area contributed by atoms with E-state index in [1.165, 1.54) is 12.1 Å². The molecule has 46 heavy (non-hydrogen) atoms. The van der Waals surface area contributed by atoms with Gasteiger partial charge in [-0.25, -0.2) is 18.9 Å². The third-order valence-corrected chi connectivity index (χ3v) is 10.9. The van der Waals surface area contributed by atoms with E-state index in [4.69, 9.17) is 14.0 Å². The molecule has 10 nitrogen and oxygen atoms in total. The lowest BCUT2D eigenvalue weighted by Crippen LogP contribution is -2.54. The van der Waals surface area contributed by atoms with Crippen molar-refractivity contribution in [2.75, 3.05) is 32.4 Å². The number of hydrogen-bond donors (Lipinski definition) is 1. The molecular formula is C34H48FN2O8P. The van der Waals surface area contributed by atoms with E-state index in [-0.39, 0.29) is 50.9 Å². The van der Waals surface area contributed by atoms with Gasteiger partial charge in [-0.05, 0) is 96.6 Å². The Morgan fingerprint density at radius 1 is 0.978 bits per heavy atom. The third kappa shape index (κ3) is 9.62. The van der Waals surface area contributed by atoms with E-state index in [0.29, 0.717) is 18.7 Å². The van der Waals surface area contributed by atoms with Crippen LogP contribution in [-0.2, 0) is 29.9 Å². The summed E-state index contributed by atoms with van der Waals surface area (Å²) in [4.78, 5) is 41.7. The van der Waals surface area contributed by atoms with Gasteiger partial charge in [0.2, 0.25) is 7.37 Å². The SMILES string of the molecule is CCOP1(=O)CCN(Cc2ccccc2-c2cccc(F)c2)CC1(CCCCN(C(=O)OC(C)(C)C)C(=O)OC(C)(C)C)C(=O)O. The van der Waals surface area contributed by atoms with Crippen molar-refractivity contribution in [3.05, 3.63) is 59.9 Å². The quantitative estimate of drug-likeness (QED) is 0.190. The molecule has 0 aromatic heterocycles. The number of imide groups is 1. The highest BCUT2D eigenvalue weighted by Gasteiger charge is 2.58. The van der Waals surface area contributed by atoms with Crippen molar-refractivity contribution >= 4 is 25.5 Å². The molecule has 0 bridgehead atoms. The Labute approximate surface area is 271 Å². The van der Waals surface area contributed by atoms with Gasteiger partial charge in [-0.3, -0.25) is 14.3 Å². The normalized spacial score (nSPS) is 20.6. The van der Waals surface area contributed by atoms with Crippen LogP contribution in [0.3, 0.4) is 0 Å². The largest absolute Gasteiger partial charge is 0.480 e. The van der Waals surface area contributed by atoms with Crippen LogP contribution in [0.4, 0.5) is 14.0 Å². The van der Waals surface area contributed by atoms with Crippen molar-refractivity contribution in [2.24, 2.45) is 0 Å². The predicted octanol–water partition coefficient (Wildman–Crippen LogP) is 7.79. The molecule has 0 saturated carbocycles. The molecule has 1 fully saturated rings. The molecular weight excluding hydrogens is 614 g/mol. The van der Waals surface area contributed by atoms with Crippen LogP contribution in [0.25, 0.3) is 11.1 Å². The van der Waals surface area contributed by atoms with E-state index in [1.807, 2.05) is 35.2 Å². The molecule has 2 aromatic rings. The van der Waals surface area contributed by atoms with Gasteiger partial charge in [0, 0.05) is 32.3 Å². The zero-order chi connectivity index (χ0) is 34.3. The summed E-state index contributed by atoms with van der Waals surface area (Å²) in [5.41, 5.74) is 0.704. The molecule has 1 aliphatic heterocycles. The molecule has 0 aliphatic carbocycles. The summed E-state index contributed by atoms with van der Waals surface area (Å²) in [6.45, 7) is 12.5. The number of aliphatic carboxylic acids is 1. The molecule has 3 rings (SSSR count). The molecule has 1 N–H and O–H groups in total. The second-order valence-electron chi connectivity index (χ2n) is 13.6. The average Bonchev–Trinajstić information content (AvgIpc) is 2.93. The number of amides is 2. The number of ether oxygens (including phenoxy) is 2. The van der Waals surface area contributed by atoms with Gasteiger partial charge in [-0.2, -0.15) is 0 Å². The summed E-state index contributed by atoms with van der Waals surface area (Å²) in [6, 6.07) is 13.8. The fraction of sp³-hybridized carbons (Fsp3) is 0.559. The third-order valence-electron chi connectivity index (χ3n) is 7.58. The molecule has 254 valence electrons. The Hall–Kier alpha value is -3.27. The summed E-state index contributed by atoms with van der Waals surface area (Å²) >= 11 is 0.